The molecule has 15 heteroatoms. The van der Waals surface area contributed by atoms with Crippen LogP contribution in [0.4, 0.5) is 28.4 Å². The summed E-state index contributed by atoms with van der Waals surface area (Å²) in [5, 5.41) is 41.6. The van der Waals surface area contributed by atoms with Crippen LogP contribution >= 0.6 is 56.8 Å². The van der Waals surface area contributed by atoms with Gasteiger partial charge < -0.3 is 42.7 Å². The summed E-state index contributed by atoms with van der Waals surface area (Å²) in [6.45, 7) is 6.98. The Balaban J connectivity index is 0.000000155. The van der Waals surface area contributed by atoms with Gasteiger partial charge >= 0.3 is 0 Å². The van der Waals surface area contributed by atoms with Gasteiger partial charge in [0, 0.05) is 107 Å². The van der Waals surface area contributed by atoms with Crippen LogP contribution in [-0.4, -0.2) is 36.2 Å². The molecule has 0 saturated carbocycles. The molecule has 0 atom stereocenters. The SMILES string of the molecule is Cc1ccc(O)cc1N.Cc1ccc(O)cc1Nc1ccnc2ccc(C(=O)NCc3ccccc3)cc12.Cc1ccc(O)cc1Nc1ccnc2ccc(I)cc12.Clc1ccnc2ccc(I)cc12.NCc1ccccc1. The number of aromatic hydroxyl groups is 3. The van der Waals surface area contributed by atoms with Crippen LogP contribution in [-0.2, 0) is 13.1 Å². The minimum absolute atomic E-state index is 0.140. The normalized spacial score (nSPS) is 10.3. The highest BCUT2D eigenvalue weighted by Crippen LogP contribution is 2.32. The first-order valence-electron chi connectivity index (χ1n) is 24.5. The number of nitrogen functional groups attached to an aromatic ring is 1. The largest absolute Gasteiger partial charge is 0.508 e. The Morgan fingerprint density at radius 3 is 1.45 bits per heavy atom. The molecule has 0 spiro atoms. The van der Waals surface area contributed by atoms with Gasteiger partial charge in [-0.1, -0.05) is 90.5 Å². The summed E-state index contributed by atoms with van der Waals surface area (Å²) in [6, 6.07) is 58.5. The van der Waals surface area contributed by atoms with Crippen molar-refractivity contribution in [3.63, 3.8) is 0 Å². The number of amides is 1. The Labute approximate surface area is 485 Å². The van der Waals surface area contributed by atoms with E-state index in [1.54, 1.807) is 67.1 Å². The molecule has 3 heterocycles. The Hall–Kier alpha value is -8.03. The summed E-state index contributed by atoms with van der Waals surface area (Å²) in [5.74, 6) is 0.528. The predicted molar refractivity (Wildman–Crippen MR) is 337 cm³/mol. The second-order valence-electron chi connectivity index (χ2n) is 17.7. The molecule has 0 radical (unpaired) electrons. The molecule has 394 valence electrons. The molecule has 0 unspecified atom stereocenters. The number of rotatable bonds is 8. The van der Waals surface area contributed by atoms with Crippen molar-refractivity contribution in [2.75, 3.05) is 16.4 Å². The highest BCUT2D eigenvalue weighted by molar-refractivity contribution is 14.1. The third-order valence-corrected chi connectivity index (χ3v) is 13.6. The Morgan fingerprint density at radius 1 is 0.500 bits per heavy atom. The van der Waals surface area contributed by atoms with E-state index in [-0.39, 0.29) is 23.2 Å². The van der Waals surface area contributed by atoms with Crippen LogP contribution in [0.15, 0.2) is 207 Å². The summed E-state index contributed by atoms with van der Waals surface area (Å²) >= 11 is 10.5. The molecular weight excluding hydrogens is 1220 g/mol. The zero-order valence-corrected chi connectivity index (χ0v) is 48.0. The molecule has 0 aliphatic heterocycles. The van der Waals surface area contributed by atoms with Crippen LogP contribution in [0.3, 0.4) is 0 Å². The standard InChI is InChI=1S/C24H21N3O2.C16H13IN2O.C9H5ClIN.C7H9NO.C7H9N/c1-16-7-9-19(28)14-23(16)27-22-11-12-25-21-10-8-18(13-20(21)22)24(29)26-15-17-5-3-2-4-6-17;1-10-2-4-12(20)9-16(10)19-15-6-7-18-14-5-3-11(17)8-13(14)15;10-8-3-4-12-9-2-1-6(11)5-7(8)9;1-5-2-3-6(9)4-7(5)8;8-6-7-4-2-1-3-5-7/h2-14,28H,15H2,1H3,(H,25,27)(H,26,29);2-9,20H,1H3,(H,18,19);1-5H;2-4,9H,8H2,1H3;1-5H,6,8H2. The van der Waals surface area contributed by atoms with E-state index in [2.05, 4.69) is 82.2 Å². The molecule has 0 saturated heterocycles. The van der Waals surface area contributed by atoms with Crippen molar-refractivity contribution in [1.29, 1.82) is 0 Å². The van der Waals surface area contributed by atoms with Gasteiger partial charge in [0.25, 0.3) is 5.91 Å². The van der Waals surface area contributed by atoms with Crippen LogP contribution in [0.1, 0.15) is 38.2 Å². The van der Waals surface area contributed by atoms with Gasteiger partial charge in [0.05, 0.1) is 21.6 Å². The number of fused-ring (bicyclic) bond motifs is 3. The number of benzene rings is 8. The molecule has 0 bridgehead atoms. The fourth-order valence-corrected chi connectivity index (χ4v) is 8.80. The number of aromatic nitrogens is 3. The van der Waals surface area contributed by atoms with Gasteiger partial charge in [-0.15, -0.1) is 0 Å². The monoisotopic (exact) mass is 1280 g/mol. The number of carbonyl (C=O) groups is 1. The van der Waals surface area contributed by atoms with E-state index >= 15 is 0 Å². The molecule has 11 rings (SSSR count). The predicted octanol–water partition coefficient (Wildman–Crippen LogP) is 15.4. The van der Waals surface area contributed by atoms with E-state index in [0.717, 1.165) is 82.7 Å². The number of carbonyl (C=O) groups excluding carboxylic acids is 1. The summed E-state index contributed by atoms with van der Waals surface area (Å²) < 4.78 is 2.34. The lowest BCUT2D eigenvalue weighted by Crippen LogP contribution is -2.22. The first-order chi connectivity index (χ1) is 37.6. The summed E-state index contributed by atoms with van der Waals surface area (Å²) in [6.07, 6.45) is 5.23. The maximum Gasteiger partial charge on any atom is 0.251 e. The second-order valence-corrected chi connectivity index (χ2v) is 20.6. The molecule has 11 aromatic rings. The van der Waals surface area contributed by atoms with E-state index in [0.29, 0.717) is 24.3 Å². The van der Waals surface area contributed by atoms with E-state index in [4.69, 9.17) is 28.2 Å². The molecule has 10 N–H and O–H groups in total. The van der Waals surface area contributed by atoms with Gasteiger partial charge in [0.15, 0.2) is 0 Å². The van der Waals surface area contributed by atoms with Crippen LogP contribution < -0.4 is 27.4 Å². The number of hydrogen-bond donors (Lipinski definition) is 8. The van der Waals surface area contributed by atoms with Crippen molar-refractivity contribution in [3.05, 3.63) is 252 Å². The number of aryl methyl sites for hydroxylation is 3. The van der Waals surface area contributed by atoms with Crippen molar-refractivity contribution < 1.29 is 20.1 Å². The number of nitrogens with two attached hydrogens (primary N) is 2. The zero-order chi connectivity index (χ0) is 55.6. The first-order valence-corrected chi connectivity index (χ1v) is 27.0. The minimum Gasteiger partial charge on any atom is -0.508 e. The van der Waals surface area contributed by atoms with Crippen molar-refractivity contribution in [2.24, 2.45) is 5.73 Å². The maximum absolute atomic E-state index is 12.6. The van der Waals surface area contributed by atoms with Crippen molar-refractivity contribution in [1.82, 2.24) is 20.3 Å². The quantitative estimate of drug-likeness (QED) is 0.0531. The second kappa shape index (κ2) is 28.4. The average Bonchev–Trinajstić information content (AvgIpc) is 3.46. The van der Waals surface area contributed by atoms with Crippen molar-refractivity contribution in [2.45, 2.75) is 33.9 Å². The molecule has 3 aromatic heterocycles. The van der Waals surface area contributed by atoms with Crippen LogP contribution in [0, 0.1) is 27.9 Å². The molecule has 1 amide bonds. The number of anilines is 5. The number of halogens is 3. The van der Waals surface area contributed by atoms with Gasteiger partial charge in [-0.25, -0.2) is 0 Å². The fraction of sp³-hybridized carbons (Fsp3) is 0.0794. The summed E-state index contributed by atoms with van der Waals surface area (Å²) in [4.78, 5) is 25.6. The number of nitrogens with zero attached hydrogens (tertiary/aromatic N) is 3. The number of hydrogen-bond acceptors (Lipinski definition) is 11. The third-order valence-electron chi connectivity index (χ3n) is 12.0. The molecule has 0 aliphatic carbocycles. The van der Waals surface area contributed by atoms with Crippen molar-refractivity contribution in [3.8, 4) is 17.2 Å². The Kier molecular flexibility index (Phi) is 21.0. The van der Waals surface area contributed by atoms with Gasteiger partial charge in [0.1, 0.15) is 17.2 Å². The zero-order valence-electron chi connectivity index (χ0n) is 42.9. The highest BCUT2D eigenvalue weighted by atomic mass is 127. The lowest BCUT2D eigenvalue weighted by atomic mass is 10.1. The lowest BCUT2D eigenvalue weighted by Gasteiger charge is -2.13. The Morgan fingerprint density at radius 2 is 0.949 bits per heavy atom. The number of nitrogens with one attached hydrogen (secondary N) is 3. The van der Waals surface area contributed by atoms with E-state index in [1.807, 2.05) is 148 Å². The molecule has 0 aliphatic rings. The van der Waals surface area contributed by atoms with Gasteiger partial charge in [0.2, 0.25) is 0 Å². The third kappa shape index (κ3) is 16.7. The Bertz CT molecular complexity index is 3800. The van der Waals surface area contributed by atoms with E-state index in [9.17, 15) is 15.0 Å². The van der Waals surface area contributed by atoms with E-state index in [1.165, 1.54) is 18.8 Å². The van der Waals surface area contributed by atoms with Crippen LogP contribution in [0.25, 0.3) is 32.7 Å². The topological polar surface area (TPSA) is 205 Å². The molecule has 0 fully saturated rings. The van der Waals surface area contributed by atoms with Crippen LogP contribution in [0.2, 0.25) is 5.02 Å². The van der Waals surface area contributed by atoms with E-state index < -0.39 is 0 Å². The van der Waals surface area contributed by atoms with Gasteiger partial charge in [-0.05, 0) is 185 Å². The smallest absolute Gasteiger partial charge is 0.251 e. The highest BCUT2D eigenvalue weighted by Gasteiger charge is 2.11. The van der Waals surface area contributed by atoms with Gasteiger partial charge in [-0.2, -0.15) is 0 Å². The first kappa shape index (κ1) is 57.7. The number of pyridine rings is 3. The molecule has 8 aromatic carbocycles. The minimum atomic E-state index is -0.140. The fourth-order valence-electron chi connectivity index (χ4n) is 7.61. The molecule has 78 heavy (non-hydrogen) atoms. The molecule has 12 nitrogen and oxygen atoms in total. The average molecular weight is 1280 g/mol. The maximum atomic E-state index is 12.6. The number of phenols is 3. The van der Waals surface area contributed by atoms with Crippen LogP contribution in [0.5, 0.6) is 17.2 Å². The molecular formula is C63H57ClI2N8O4. The summed E-state index contributed by atoms with van der Waals surface area (Å²) in [5.41, 5.74) is 23.5. The van der Waals surface area contributed by atoms with Crippen molar-refractivity contribution >= 4 is 124 Å². The van der Waals surface area contributed by atoms with Gasteiger partial charge in [-0.3, -0.25) is 19.7 Å². The lowest BCUT2D eigenvalue weighted by molar-refractivity contribution is 0.0951. The number of phenolic OH excluding ortho intramolecular Hbond substituents is 3. The summed E-state index contributed by atoms with van der Waals surface area (Å²) in [7, 11) is 0.